The molecule has 3 aromatic rings. The van der Waals surface area contributed by atoms with Crippen LogP contribution in [0.2, 0.25) is 0 Å². The van der Waals surface area contributed by atoms with Gasteiger partial charge in [0.2, 0.25) is 5.89 Å². The van der Waals surface area contributed by atoms with E-state index >= 15 is 0 Å². The van der Waals surface area contributed by atoms with Crippen molar-refractivity contribution in [1.82, 2.24) is 4.98 Å². The Labute approximate surface area is 113 Å². The van der Waals surface area contributed by atoms with Crippen LogP contribution in [-0.2, 0) is 0 Å². The van der Waals surface area contributed by atoms with Crippen LogP contribution in [0.3, 0.4) is 0 Å². The van der Waals surface area contributed by atoms with Crippen molar-refractivity contribution in [2.45, 2.75) is 27.7 Å². The van der Waals surface area contributed by atoms with E-state index in [1.54, 1.807) is 0 Å². The van der Waals surface area contributed by atoms with Gasteiger partial charge in [-0.2, -0.15) is 0 Å². The van der Waals surface area contributed by atoms with Gasteiger partial charge in [-0.1, -0.05) is 23.3 Å². The number of oxazole rings is 1. The lowest BCUT2D eigenvalue weighted by Crippen LogP contribution is -1.82. The molecule has 19 heavy (non-hydrogen) atoms. The van der Waals surface area contributed by atoms with Crippen LogP contribution in [0.1, 0.15) is 22.3 Å². The van der Waals surface area contributed by atoms with Crippen LogP contribution in [0.4, 0.5) is 0 Å². The summed E-state index contributed by atoms with van der Waals surface area (Å²) in [5.41, 5.74) is 7.73. The second-order valence-corrected chi connectivity index (χ2v) is 5.25. The third-order valence-corrected chi connectivity index (χ3v) is 3.55. The van der Waals surface area contributed by atoms with Crippen LogP contribution < -0.4 is 0 Å². The Balaban J connectivity index is 2.23. The van der Waals surface area contributed by atoms with E-state index in [2.05, 4.69) is 56.9 Å². The first kappa shape index (κ1) is 12.0. The highest BCUT2D eigenvalue weighted by atomic mass is 16.3. The molecule has 0 N–H and O–H groups in total. The van der Waals surface area contributed by atoms with Gasteiger partial charge in [-0.3, -0.25) is 0 Å². The molecule has 0 atom stereocenters. The van der Waals surface area contributed by atoms with E-state index in [0.717, 1.165) is 16.7 Å². The fourth-order valence-electron chi connectivity index (χ4n) is 2.44. The molecule has 2 heteroatoms. The minimum Gasteiger partial charge on any atom is -0.436 e. The number of fused-ring (bicyclic) bond motifs is 1. The highest BCUT2D eigenvalue weighted by Gasteiger charge is 2.11. The van der Waals surface area contributed by atoms with Gasteiger partial charge in [0, 0.05) is 5.56 Å². The van der Waals surface area contributed by atoms with Gasteiger partial charge in [0.15, 0.2) is 5.58 Å². The summed E-state index contributed by atoms with van der Waals surface area (Å²) in [6, 6.07) is 10.5. The van der Waals surface area contributed by atoms with Crippen LogP contribution in [-0.4, -0.2) is 4.98 Å². The van der Waals surface area contributed by atoms with E-state index in [4.69, 9.17) is 4.42 Å². The Bertz CT molecular complexity index is 748. The molecule has 0 spiro atoms. The van der Waals surface area contributed by atoms with Gasteiger partial charge >= 0.3 is 0 Å². The number of hydrogen-bond acceptors (Lipinski definition) is 2. The zero-order chi connectivity index (χ0) is 13.6. The third kappa shape index (κ3) is 2.03. The predicted molar refractivity (Wildman–Crippen MR) is 78.4 cm³/mol. The molecule has 96 valence electrons. The number of aryl methyl sites for hydroxylation is 4. The third-order valence-electron chi connectivity index (χ3n) is 3.55. The van der Waals surface area contributed by atoms with Crippen molar-refractivity contribution in [1.29, 1.82) is 0 Å². The minimum absolute atomic E-state index is 0.704. The standard InChI is InChI=1S/C17H17NO/c1-10-7-11(2)9-14(8-10)17-18-15-6-5-12(3)13(4)16(15)19-17/h5-9H,1-4H3. The summed E-state index contributed by atoms with van der Waals surface area (Å²) in [7, 11) is 0. The van der Waals surface area contributed by atoms with Crippen molar-refractivity contribution in [3.8, 4) is 11.5 Å². The van der Waals surface area contributed by atoms with Crippen molar-refractivity contribution in [3.05, 3.63) is 52.6 Å². The first-order valence-electron chi connectivity index (χ1n) is 6.50. The van der Waals surface area contributed by atoms with E-state index in [9.17, 15) is 0 Å². The maximum Gasteiger partial charge on any atom is 0.227 e. The van der Waals surface area contributed by atoms with E-state index in [1.165, 1.54) is 22.3 Å². The number of hydrogen-bond donors (Lipinski definition) is 0. The lowest BCUT2D eigenvalue weighted by atomic mass is 10.1. The number of rotatable bonds is 1. The number of aromatic nitrogens is 1. The van der Waals surface area contributed by atoms with Gasteiger partial charge in [-0.25, -0.2) is 4.98 Å². The second-order valence-electron chi connectivity index (χ2n) is 5.25. The van der Waals surface area contributed by atoms with Gasteiger partial charge in [-0.15, -0.1) is 0 Å². The fraction of sp³-hybridized carbons (Fsp3) is 0.235. The maximum atomic E-state index is 5.96. The molecule has 0 fully saturated rings. The molecule has 0 radical (unpaired) electrons. The average Bonchev–Trinajstić information content (AvgIpc) is 2.77. The summed E-state index contributed by atoms with van der Waals surface area (Å²) >= 11 is 0. The molecule has 0 saturated carbocycles. The molecule has 2 nitrogen and oxygen atoms in total. The second kappa shape index (κ2) is 4.23. The highest BCUT2D eigenvalue weighted by molar-refractivity contribution is 5.80. The summed E-state index contributed by atoms with van der Waals surface area (Å²) in [4.78, 5) is 4.60. The van der Waals surface area contributed by atoms with Gasteiger partial charge in [0.1, 0.15) is 5.52 Å². The molecule has 1 heterocycles. The smallest absolute Gasteiger partial charge is 0.227 e. The lowest BCUT2D eigenvalue weighted by molar-refractivity contribution is 0.617. The minimum atomic E-state index is 0.704. The monoisotopic (exact) mass is 251 g/mol. The quantitative estimate of drug-likeness (QED) is 0.625. The molecule has 0 aliphatic carbocycles. The summed E-state index contributed by atoms with van der Waals surface area (Å²) < 4.78 is 5.96. The van der Waals surface area contributed by atoms with Gasteiger partial charge in [-0.05, 0) is 57.0 Å². The molecular weight excluding hydrogens is 234 g/mol. The van der Waals surface area contributed by atoms with Crippen molar-refractivity contribution in [2.24, 2.45) is 0 Å². The largest absolute Gasteiger partial charge is 0.436 e. The molecule has 0 bridgehead atoms. The first-order valence-corrected chi connectivity index (χ1v) is 6.50. The Morgan fingerprint density at radius 3 is 2.26 bits per heavy atom. The van der Waals surface area contributed by atoms with E-state index in [1.807, 2.05) is 6.07 Å². The summed E-state index contributed by atoms with van der Waals surface area (Å²) in [5, 5.41) is 0. The van der Waals surface area contributed by atoms with Crippen LogP contribution in [0, 0.1) is 27.7 Å². The topological polar surface area (TPSA) is 26.0 Å². The number of benzene rings is 2. The Morgan fingerprint density at radius 2 is 1.58 bits per heavy atom. The molecule has 0 amide bonds. The zero-order valence-electron chi connectivity index (χ0n) is 11.7. The van der Waals surface area contributed by atoms with Crippen LogP contribution >= 0.6 is 0 Å². The fourth-order valence-corrected chi connectivity index (χ4v) is 2.44. The van der Waals surface area contributed by atoms with Crippen LogP contribution in [0.5, 0.6) is 0 Å². The number of nitrogens with zero attached hydrogens (tertiary/aromatic N) is 1. The zero-order valence-corrected chi connectivity index (χ0v) is 11.7. The average molecular weight is 251 g/mol. The SMILES string of the molecule is Cc1cc(C)cc(-c2nc3ccc(C)c(C)c3o2)c1. The summed E-state index contributed by atoms with van der Waals surface area (Å²) in [6.45, 7) is 8.35. The maximum absolute atomic E-state index is 5.96. The lowest BCUT2D eigenvalue weighted by Gasteiger charge is -2.00. The van der Waals surface area contributed by atoms with E-state index < -0.39 is 0 Å². The van der Waals surface area contributed by atoms with Gasteiger partial charge in [0.25, 0.3) is 0 Å². The first-order chi connectivity index (χ1) is 9.04. The van der Waals surface area contributed by atoms with Crippen molar-refractivity contribution in [3.63, 3.8) is 0 Å². The normalized spacial score (nSPS) is 11.2. The molecular formula is C17H17NO. The Kier molecular flexibility index (Phi) is 2.67. The van der Waals surface area contributed by atoms with Crippen molar-refractivity contribution < 1.29 is 4.42 Å². The molecule has 1 aromatic heterocycles. The molecule has 2 aromatic carbocycles. The molecule has 0 saturated heterocycles. The van der Waals surface area contributed by atoms with E-state index in [0.29, 0.717) is 5.89 Å². The van der Waals surface area contributed by atoms with Crippen LogP contribution in [0.25, 0.3) is 22.6 Å². The molecule has 0 aliphatic rings. The van der Waals surface area contributed by atoms with Gasteiger partial charge in [0.05, 0.1) is 0 Å². The molecule has 3 rings (SSSR count). The summed E-state index contributed by atoms with van der Waals surface area (Å²) in [5.74, 6) is 0.704. The van der Waals surface area contributed by atoms with Crippen molar-refractivity contribution in [2.75, 3.05) is 0 Å². The van der Waals surface area contributed by atoms with Crippen molar-refractivity contribution >= 4 is 11.1 Å². The molecule has 0 unspecified atom stereocenters. The van der Waals surface area contributed by atoms with E-state index in [-0.39, 0.29) is 0 Å². The van der Waals surface area contributed by atoms with Gasteiger partial charge < -0.3 is 4.42 Å². The Hall–Kier alpha value is -2.09. The van der Waals surface area contributed by atoms with Crippen LogP contribution in [0.15, 0.2) is 34.7 Å². The Morgan fingerprint density at radius 1 is 0.895 bits per heavy atom. The predicted octanol–water partition coefficient (Wildman–Crippen LogP) is 4.73. The summed E-state index contributed by atoms with van der Waals surface area (Å²) in [6.07, 6.45) is 0. The highest BCUT2D eigenvalue weighted by Crippen LogP contribution is 2.28. The molecule has 0 aliphatic heterocycles.